The molecule has 0 fully saturated rings. The number of sulfone groups is 1. The van der Waals surface area contributed by atoms with E-state index in [9.17, 15) is 8.42 Å². The van der Waals surface area contributed by atoms with Gasteiger partial charge in [-0.1, -0.05) is 22.9 Å². The first-order chi connectivity index (χ1) is 4.37. The van der Waals surface area contributed by atoms with Gasteiger partial charge >= 0.3 is 0 Å². The summed E-state index contributed by atoms with van der Waals surface area (Å²) in [5, 5.41) is 8.44. The lowest BCUT2D eigenvalue weighted by Gasteiger charge is -2.13. The highest BCUT2D eigenvalue weighted by molar-refractivity contribution is 9.11. The van der Waals surface area contributed by atoms with Crippen LogP contribution in [-0.2, 0) is 9.84 Å². The molecule has 0 bridgehead atoms. The van der Waals surface area contributed by atoms with Crippen LogP contribution in [-0.4, -0.2) is 18.3 Å². The minimum Gasteiger partial charge on any atom is -0.227 e. The molecule has 0 aromatic heterocycles. The molecule has 0 saturated heterocycles. The fourth-order valence-electron chi connectivity index (χ4n) is 0.424. The zero-order valence-corrected chi connectivity index (χ0v) is 8.16. The molecule has 0 amide bonds. The van der Waals surface area contributed by atoms with Crippen LogP contribution in [0.15, 0.2) is 0 Å². The topological polar surface area (TPSA) is 57.9 Å². The molecule has 0 saturated carbocycles. The molecule has 0 radical (unpaired) electrons. The molecule has 0 unspecified atom stereocenters. The molecule has 58 valence electrons. The minimum atomic E-state index is -3.31. The molecule has 0 aromatic rings. The van der Waals surface area contributed by atoms with E-state index in [-0.39, 0.29) is 6.42 Å². The largest absolute Gasteiger partial charge is 0.227 e. The molecule has 0 rings (SSSR count). The van der Waals surface area contributed by atoms with Crippen LogP contribution in [0.4, 0.5) is 0 Å². The quantitative estimate of drug-likeness (QED) is 0.661. The van der Waals surface area contributed by atoms with Crippen molar-refractivity contribution in [2.24, 2.45) is 0 Å². The SMILES string of the molecule is CC[C@](Br)(C#N)S(C)(=O)=O. The Labute approximate surface area is 69.1 Å². The number of nitriles is 1. The highest BCUT2D eigenvalue weighted by Gasteiger charge is 2.35. The first-order valence-corrected chi connectivity index (χ1v) is 5.35. The summed E-state index contributed by atoms with van der Waals surface area (Å²) in [6.45, 7) is 1.64. The van der Waals surface area contributed by atoms with Crippen molar-refractivity contribution in [3.05, 3.63) is 0 Å². The third kappa shape index (κ3) is 1.70. The Morgan fingerprint density at radius 3 is 2.10 bits per heavy atom. The van der Waals surface area contributed by atoms with E-state index in [0.29, 0.717) is 0 Å². The van der Waals surface area contributed by atoms with E-state index in [1.807, 2.05) is 0 Å². The Morgan fingerprint density at radius 1 is 1.70 bits per heavy atom. The van der Waals surface area contributed by atoms with Crippen molar-refractivity contribution < 1.29 is 8.42 Å². The lowest BCUT2D eigenvalue weighted by atomic mass is 10.4. The Hall–Kier alpha value is -0.0800. The first-order valence-electron chi connectivity index (χ1n) is 2.67. The van der Waals surface area contributed by atoms with E-state index >= 15 is 0 Å². The fourth-order valence-corrected chi connectivity index (χ4v) is 1.11. The standard InChI is InChI=1S/C5H8BrNO2S/c1-3-5(6,4-7)10(2,8)9/h3H2,1-2H3/t5-/m1/s1. The fraction of sp³-hybridized carbons (Fsp3) is 0.800. The molecule has 0 aliphatic carbocycles. The molecule has 5 heteroatoms. The molecule has 0 aliphatic rings. The minimum absolute atomic E-state index is 0.252. The lowest BCUT2D eigenvalue weighted by Crippen LogP contribution is -2.27. The zero-order valence-electron chi connectivity index (χ0n) is 5.76. The maximum absolute atomic E-state index is 10.8. The number of hydrogen-bond acceptors (Lipinski definition) is 3. The van der Waals surface area contributed by atoms with Crippen LogP contribution in [0.3, 0.4) is 0 Å². The summed E-state index contributed by atoms with van der Waals surface area (Å²) in [5.41, 5.74) is 0. The Kier molecular flexibility index (Phi) is 2.86. The molecule has 0 aliphatic heterocycles. The highest BCUT2D eigenvalue weighted by atomic mass is 79.9. The predicted octanol–water partition coefficient (Wildman–Crippen LogP) is 1.06. The van der Waals surface area contributed by atoms with Crippen LogP contribution in [0.5, 0.6) is 0 Å². The van der Waals surface area contributed by atoms with Gasteiger partial charge in [-0.3, -0.25) is 0 Å². The van der Waals surface area contributed by atoms with E-state index in [2.05, 4.69) is 15.9 Å². The molecule has 1 atom stereocenters. The summed E-state index contributed by atoms with van der Waals surface area (Å²) < 4.78 is 20.3. The number of rotatable bonds is 2. The van der Waals surface area contributed by atoms with Crippen molar-refractivity contribution >= 4 is 25.8 Å². The third-order valence-electron chi connectivity index (χ3n) is 1.21. The Morgan fingerprint density at radius 2 is 2.10 bits per heavy atom. The van der Waals surface area contributed by atoms with Gasteiger partial charge in [-0.2, -0.15) is 5.26 Å². The molecule has 3 nitrogen and oxygen atoms in total. The average molecular weight is 226 g/mol. The Balaban J connectivity index is 4.92. The molecule has 0 heterocycles. The van der Waals surface area contributed by atoms with E-state index in [1.165, 1.54) is 0 Å². The normalized spacial score (nSPS) is 17.4. The second-order valence-corrected chi connectivity index (χ2v) is 6.09. The maximum atomic E-state index is 10.8. The smallest absolute Gasteiger partial charge is 0.211 e. The molecule has 0 spiro atoms. The van der Waals surface area contributed by atoms with Crippen LogP contribution in [0.25, 0.3) is 0 Å². The summed E-state index contributed by atoms with van der Waals surface area (Å²) >= 11 is 2.85. The van der Waals surface area contributed by atoms with Gasteiger partial charge < -0.3 is 0 Å². The summed E-state index contributed by atoms with van der Waals surface area (Å²) in [6.07, 6.45) is 1.29. The van der Waals surface area contributed by atoms with Gasteiger partial charge in [0.2, 0.25) is 3.66 Å². The van der Waals surface area contributed by atoms with Crippen molar-refractivity contribution in [1.29, 1.82) is 5.26 Å². The number of alkyl halides is 1. The van der Waals surface area contributed by atoms with Gasteiger partial charge in [-0.05, 0) is 6.42 Å². The number of halogens is 1. The second kappa shape index (κ2) is 2.89. The van der Waals surface area contributed by atoms with Gasteiger partial charge in [-0.15, -0.1) is 0 Å². The van der Waals surface area contributed by atoms with Gasteiger partial charge in [-0.25, -0.2) is 8.42 Å². The van der Waals surface area contributed by atoms with Gasteiger partial charge in [0.15, 0.2) is 9.84 Å². The Bertz CT molecular complexity index is 253. The van der Waals surface area contributed by atoms with Gasteiger partial charge in [0.25, 0.3) is 0 Å². The van der Waals surface area contributed by atoms with E-state index < -0.39 is 13.5 Å². The van der Waals surface area contributed by atoms with Gasteiger partial charge in [0.05, 0.1) is 6.07 Å². The van der Waals surface area contributed by atoms with Crippen LogP contribution in [0, 0.1) is 11.3 Å². The predicted molar refractivity (Wildman–Crippen MR) is 42.4 cm³/mol. The molecular formula is C5H8BrNO2S. The first kappa shape index (κ1) is 9.92. The van der Waals surface area contributed by atoms with Crippen molar-refractivity contribution in [2.75, 3.05) is 6.26 Å². The van der Waals surface area contributed by atoms with Crippen molar-refractivity contribution in [3.8, 4) is 6.07 Å². The third-order valence-corrected chi connectivity index (χ3v) is 5.27. The maximum Gasteiger partial charge on any atom is 0.211 e. The monoisotopic (exact) mass is 225 g/mol. The summed E-state index contributed by atoms with van der Waals surface area (Å²) in [5.74, 6) is 0. The van der Waals surface area contributed by atoms with Crippen molar-refractivity contribution in [3.63, 3.8) is 0 Å². The average Bonchev–Trinajstić information content (AvgIpc) is 1.84. The van der Waals surface area contributed by atoms with Crippen LogP contribution >= 0.6 is 15.9 Å². The molecule has 0 N–H and O–H groups in total. The van der Waals surface area contributed by atoms with Crippen LogP contribution in [0.2, 0.25) is 0 Å². The molecule has 10 heavy (non-hydrogen) atoms. The lowest BCUT2D eigenvalue weighted by molar-refractivity contribution is 0.590. The number of hydrogen-bond donors (Lipinski definition) is 0. The van der Waals surface area contributed by atoms with Crippen molar-refractivity contribution in [1.82, 2.24) is 0 Å². The van der Waals surface area contributed by atoms with Gasteiger partial charge in [0, 0.05) is 6.26 Å². The van der Waals surface area contributed by atoms with Crippen molar-refractivity contribution in [2.45, 2.75) is 17.0 Å². The second-order valence-electron chi connectivity index (χ2n) is 1.97. The molecule has 0 aromatic carbocycles. The van der Waals surface area contributed by atoms with Gasteiger partial charge in [0.1, 0.15) is 0 Å². The molecular weight excluding hydrogens is 218 g/mol. The van der Waals surface area contributed by atoms with E-state index in [4.69, 9.17) is 5.26 Å². The van der Waals surface area contributed by atoms with Crippen LogP contribution < -0.4 is 0 Å². The summed E-state index contributed by atoms with van der Waals surface area (Å²) in [7, 11) is -3.31. The number of nitrogens with zero attached hydrogens (tertiary/aromatic N) is 1. The van der Waals surface area contributed by atoms with E-state index in [1.54, 1.807) is 13.0 Å². The summed E-state index contributed by atoms with van der Waals surface area (Å²) in [4.78, 5) is 0. The van der Waals surface area contributed by atoms with Crippen LogP contribution in [0.1, 0.15) is 13.3 Å². The van der Waals surface area contributed by atoms with E-state index in [0.717, 1.165) is 6.26 Å². The highest BCUT2D eigenvalue weighted by Crippen LogP contribution is 2.27. The summed E-state index contributed by atoms with van der Waals surface area (Å²) in [6, 6.07) is 1.70. The zero-order chi connectivity index (χ0) is 8.41.